The average Bonchev–Trinajstić information content (AvgIpc) is 3.13. The lowest BCUT2D eigenvalue weighted by molar-refractivity contribution is 0.805. The molecule has 1 aliphatic rings. The van der Waals surface area contributed by atoms with E-state index in [4.69, 9.17) is 23.2 Å². The van der Waals surface area contributed by atoms with Gasteiger partial charge in [0.05, 0.1) is 16.4 Å². The van der Waals surface area contributed by atoms with Gasteiger partial charge in [0.25, 0.3) is 0 Å². The van der Waals surface area contributed by atoms with E-state index in [0.717, 1.165) is 41.5 Å². The van der Waals surface area contributed by atoms with E-state index in [1.165, 1.54) is 0 Å². The minimum Gasteiger partial charge on any atom is -0.324 e. The summed E-state index contributed by atoms with van der Waals surface area (Å²) in [7, 11) is 0. The number of aryl methyl sites for hydroxylation is 2. The molecule has 0 saturated carbocycles. The van der Waals surface area contributed by atoms with Crippen LogP contribution in [0.5, 0.6) is 0 Å². The summed E-state index contributed by atoms with van der Waals surface area (Å²) in [6.45, 7) is 4.65. The molecular formula is C17H15Cl2N5. The highest BCUT2D eigenvalue weighted by Crippen LogP contribution is 2.39. The zero-order valence-electron chi connectivity index (χ0n) is 13.3. The fraction of sp³-hybridized carbons (Fsp3) is 0.235. The van der Waals surface area contributed by atoms with Gasteiger partial charge in [-0.05, 0) is 44.5 Å². The third-order valence-electron chi connectivity index (χ3n) is 4.06. The van der Waals surface area contributed by atoms with Gasteiger partial charge in [0.2, 0.25) is 0 Å². The largest absolute Gasteiger partial charge is 0.324 e. The van der Waals surface area contributed by atoms with E-state index < -0.39 is 0 Å². The first-order chi connectivity index (χ1) is 11.5. The maximum atomic E-state index is 6.39. The van der Waals surface area contributed by atoms with Gasteiger partial charge in [-0.3, -0.25) is 0 Å². The molecule has 0 N–H and O–H groups in total. The van der Waals surface area contributed by atoms with E-state index in [1.54, 1.807) is 6.07 Å². The highest BCUT2D eigenvalue weighted by Gasteiger charge is 2.28. The summed E-state index contributed by atoms with van der Waals surface area (Å²) < 4.78 is 1.82. The smallest absolute Gasteiger partial charge is 0.162 e. The summed E-state index contributed by atoms with van der Waals surface area (Å²) in [6, 6.07) is 7.48. The molecule has 3 aromatic rings. The Bertz CT molecular complexity index is 935. The predicted octanol–water partition coefficient (Wildman–Crippen LogP) is 4.28. The van der Waals surface area contributed by atoms with E-state index in [9.17, 15) is 0 Å². The van der Waals surface area contributed by atoms with Gasteiger partial charge >= 0.3 is 0 Å². The van der Waals surface area contributed by atoms with E-state index in [1.807, 2.05) is 42.9 Å². The Balaban J connectivity index is 1.85. The lowest BCUT2D eigenvalue weighted by Crippen LogP contribution is -2.15. The van der Waals surface area contributed by atoms with Gasteiger partial charge in [-0.1, -0.05) is 23.2 Å². The van der Waals surface area contributed by atoms with Gasteiger partial charge in [-0.2, -0.15) is 5.10 Å². The molecule has 0 fully saturated rings. The van der Waals surface area contributed by atoms with Gasteiger partial charge in [0, 0.05) is 23.3 Å². The normalized spacial score (nSPS) is 13.4. The van der Waals surface area contributed by atoms with E-state index in [2.05, 4.69) is 20.0 Å². The van der Waals surface area contributed by atoms with Crippen LogP contribution < -0.4 is 4.90 Å². The number of hydrogen-bond acceptors (Lipinski definition) is 4. The highest BCUT2D eigenvalue weighted by atomic mass is 35.5. The van der Waals surface area contributed by atoms with Crippen LogP contribution in [-0.2, 0) is 6.42 Å². The topological polar surface area (TPSA) is 46.8 Å². The number of nitrogens with zero attached hydrogens (tertiary/aromatic N) is 5. The van der Waals surface area contributed by atoms with Crippen molar-refractivity contribution in [3.05, 3.63) is 57.6 Å². The summed E-state index contributed by atoms with van der Waals surface area (Å²) in [5.74, 6) is 2.42. The Hall–Kier alpha value is -2.11. The molecule has 0 aliphatic carbocycles. The van der Waals surface area contributed by atoms with Crippen LogP contribution in [0.3, 0.4) is 0 Å². The molecule has 5 nitrogen and oxygen atoms in total. The monoisotopic (exact) mass is 359 g/mol. The van der Waals surface area contributed by atoms with E-state index in [-0.39, 0.29) is 0 Å². The van der Waals surface area contributed by atoms with Crippen molar-refractivity contribution in [3.8, 4) is 5.82 Å². The molecule has 4 rings (SSSR count). The van der Waals surface area contributed by atoms with Crippen molar-refractivity contribution in [2.45, 2.75) is 20.3 Å². The summed E-state index contributed by atoms with van der Waals surface area (Å²) in [5, 5.41) is 5.72. The Kier molecular flexibility index (Phi) is 3.70. The first-order valence-corrected chi connectivity index (χ1v) is 8.41. The standard InChI is InChI=1S/C17H15Cl2N5/c1-10-5-8-24(22-10)17-13-6-7-23(16(13)20-11(2)21-17)15-4-3-12(18)9-14(15)19/h3-5,8-9H,6-7H2,1-2H3. The van der Waals surface area contributed by atoms with Crippen molar-refractivity contribution in [3.63, 3.8) is 0 Å². The van der Waals surface area contributed by atoms with Crippen LogP contribution in [0.4, 0.5) is 11.5 Å². The number of aromatic nitrogens is 4. The number of anilines is 2. The number of halogens is 2. The minimum atomic E-state index is 0.614. The second kappa shape index (κ2) is 5.76. The van der Waals surface area contributed by atoms with Crippen molar-refractivity contribution >= 4 is 34.7 Å². The summed E-state index contributed by atoms with van der Waals surface area (Å²) in [4.78, 5) is 11.4. The van der Waals surface area contributed by atoms with Crippen LogP contribution in [-0.4, -0.2) is 26.3 Å². The molecule has 24 heavy (non-hydrogen) atoms. The van der Waals surface area contributed by atoms with Gasteiger partial charge in [0.1, 0.15) is 11.6 Å². The van der Waals surface area contributed by atoms with E-state index in [0.29, 0.717) is 15.9 Å². The van der Waals surface area contributed by atoms with Crippen molar-refractivity contribution in [1.82, 2.24) is 19.7 Å². The first-order valence-electron chi connectivity index (χ1n) is 7.65. The Morgan fingerprint density at radius 3 is 2.54 bits per heavy atom. The molecule has 0 radical (unpaired) electrons. The van der Waals surface area contributed by atoms with Gasteiger partial charge in [-0.15, -0.1) is 0 Å². The van der Waals surface area contributed by atoms with Crippen LogP contribution in [0.1, 0.15) is 17.1 Å². The Morgan fingerprint density at radius 2 is 1.83 bits per heavy atom. The fourth-order valence-corrected chi connectivity index (χ4v) is 3.51. The lowest BCUT2D eigenvalue weighted by Gasteiger charge is -2.20. The molecule has 7 heteroatoms. The van der Waals surface area contributed by atoms with Gasteiger partial charge < -0.3 is 4.90 Å². The molecule has 122 valence electrons. The lowest BCUT2D eigenvalue weighted by atomic mass is 10.2. The molecule has 0 saturated heterocycles. The van der Waals surface area contributed by atoms with Crippen LogP contribution in [0.25, 0.3) is 5.82 Å². The molecular weight excluding hydrogens is 345 g/mol. The van der Waals surface area contributed by atoms with Crippen LogP contribution in [0.15, 0.2) is 30.5 Å². The second-order valence-electron chi connectivity index (χ2n) is 5.80. The molecule has 0 spiro atoms. The second-order valence-corrected chi connectivity index (χ2v) is 6.64. The van der Waals surface area contributed by atoms with Crippen molar-refractivity contribution in [2.75, 3.05) is 11.4 Å². The maximum absolute atomic E-state index is 6.39. The molecule has 1 aliphatic heterocycles. The molecule has 2 aromatic heterocycles. The summed E-state index contributed by atoms with van der Waals surface area (Å²) in [5.41, 5.74) is 2.94. The van der Waals surface area contributed by atoms with Crippen molar-refractivity contribution in [1.29, 1.82) is 0 Å². The summed E-state index contributed by atoms with van der Waals surface area (Å²) >= 11 is 12.4. The predicted molar refractivity (Wildman–Crippen MR) is 95.8 cm³/mol. The average molecular weight is 360 g/mol. The minimum absolute atomic E-state index is 0.614. The molecule has 0 atom stereocenters. The van der Waals surface area contributed by atoms with Crippen LogP contribution in [0.2, 0.25) is 10.0 Å². The molecule has 3 heterocycles. The number of hydrogen-bond donors (Lipinski definition) is 0. The van der Waals surface area contributed by atoms with Crippen molar-refractivity contribution < 1.29 is 0 Å². The van der Waals surface area contributed by atoms with Crippen molar-refractivity contribution in [2.24, 2.45) is 0 Å². The molecule has 0 amide bonds. The Morgan fingerprint density at radius 1 is 1.04 bits per heavy atom. The zero-order valence-corrected chi connectivity index (χ0v) is 14.8. The molecule has 0 unspecified atom stereocenters. The number of benzene rings is 1. The molecule has 0 bridgehead atoms. The number of fused-ring (bicyclic) bond motifs is 1. The number of rotatable bonds is 2. The van der Waals surface area contributed by atoms with Gasteiger partial charge in [-0.25, -0.2) is 14.6 Å². The Labute approximate surface area is 149 Å². The highest BCUT2D eigenvalue weighted by molar-refractivity contribution is 6.36. The SMILES string of the molecule is Cc1ccn(-c2nc(C)nc3c2CCN3c2ccc(Cl)cc2Cl)n1. The van der Waals surface area contributed by atoms with Gasteiger partial charge in [0.15, 0.2) is 5.82 Å². The zero-order chi connectivity index (χ0) is 16.8. The quantitative estimate of drug-likeness (QED) is 0.684. The summed E-state index contributed by atoms with van der Waals surface area (Å²) in [6.07, 6.45) is 2.76. The third-order valence-corrected chi connectivity index (χ3v) is 4.59. The van der Waals surface area contributed by atoms with Crippen LogP contribution >= 0.6 is 23.2 Å². The fourth-order valence-electron chi connectivity index (χ4n) is 3.00. The maximum Gasteiger partial charge on any atom is 0.162 e. The molecule has 1 aromatic carbocycles. The van der Waals surface area contributed by atoms with Crippen LogP contribution in [0, 0.1) is 13.8 Å². The van der Waals surface area contributed by atoms with E-state index >= 15 is 0 Å². The third kappa shape index (κ3) is 2.54. The first kappa shape index (κ1) is 15.4.